The van der Waals surface area contributed by atoms with Crippen molar-refractivity contribution in [3.8, 4) is 5.82 Å². The van der Waals surface area contributed by atoms with E-state index in [4.69, 9.17) is 4.98 Å². The number of fused-ring (bicyclic) bond motifs is 2. The van der Waals surface area contributed by atoms with Crippen LogP contribution in [0.1, 0.15) is 30.7 Å². The SMILES string of the molecule is C=CCn1c(=O)c2cnc(Nc3ccc4c(c3)CN(CCO)CC4)nc2n1-c1cccc(C(C)(C)O)n1.Cl. The van der Waals surface area contributed by atoms with Gasteiger partial charge in [0.2, 0.25) is 5.95 Å². The maximum Gasteiger partial charge on any atom is 0.278 e. The Bertz CT molecular complexity index is 1520. The molecule has 3 aromatic heterocycles. The van der Waals surface area contributed by atoms with Crippen LogP contribution in [0.2, 0.25) is 0 Å². The van der Waals surface area contributed by atoms with Gasteiger partial charge in [-0.3, -0.25) is 9.69 Å². The lowest BCUT2D eigenvalue weighted by molar-refractivity contribution is 0.0738. The average molecular weight is 538 g/mol. The number of hydrogen-bond acceptors (Lipinski definition) is 8. The lowest BCUT2D eigenvalue weighted by Gasteiger charge is -2.28. The molecule has 1 aliphatic heterocycles. The van der Waals surface area contributed by atoms with Crippen molar-refractivity contribution >= 4 is 35.1 Å². The molecule has 200 valence electrons. The molecule has 1 aromatic carbocycles. The fraction of sp³-hybridized carbons (Fsp3) is 0.333. The predicted octanol–water partition coefficient (Wildman–Crippen LogP) is 2.91. The number of hydrogen-bond donors (Lipinski definition) is 3. The van der Waals surface area contributed by atoms with Gasteiger partial charge in [-0.2, -0.15) is 4.98 Å². The van der Waals surface area contributed by atoms with Gasteiger partial charge in [0.05, 0.1) is 18.8 Å². The van der Waals surface area contributed by atoms with E-state index in [1.54, 1.807) is 42.8 Å². The van der Waals surface area contributed by atoms with Crippen molar-refractivity contribution in [2.45, 2.75) is 39.0 Å². The highest BCUT2D eigenvalue weighted by molar-refractivity contribution is 5.85. The van der Waals surface area contributed by atoms with Gasteiger partial charge in [0, 0.05) is 31.5 Å². The summed E-state index contributed by atoms with van der Waals surface area (Å²) in [6.45, 7) is 9.86. The van der Waals surface area contributed by atoms with Gasteiger partial charge in [-0.1, -0.05) is 18.2 Å². The van der Waals surface area contributed by atoms with Gasteiger partial charge in [0.1, 0.15) is 11.0 Å². The van der Waals surface area contributed by atoms with E-state index in [2.05, 4.69) is 38.9 Å². The highest BCUT2D eigenvalue weighted by Crippen LogP contribution is 2.25. The smallest absolute Gasteiger partial charge is 0.278 e. The zero-order valence-corrected chi connectivity index (χ0v) is 22.3. The molecule has 0 amide bonds. The van der Waals surface area contributed by atoms with Crippen molar-refractivity contribution in [2.24, 2.45) is 0 Å². The first-order valence-corrected chi connectivity index (χ1v) is 12.3. The molecule has 0 aliphatic carbocycles. The largest absolute Gasteiger partial charge is 0.395 e. The van der Waals surface area contributed by atoms with E-state index in [9.17, 15) is 15.0 Å². The first-order valence-electron chi connectivity index (χ1n) is 12.3. The van der Waals surface area contributed by atoms with Gasteiger partial charge in [-0.15, -0.1) is 19.0 Å². The van der Waals surface area contributed by atoms with Crippen LogP contribution in [-0.2, 0) is 25.1 Å². The van der Waals surface area contributed by atoms with Crippen LogP contribution in [0.5, 0.6) is 0 Å². The Morgan fingerprint density at radius 3 is 2.74 bits per heavy atom. The summed E-state index contributed by atoms with van der Waals surface area (Å²) in [5.41, 5.74) is 2.80. The lowest BCUT2D eigenvalue weighted by Crippen LogP contribution is -2.32. The van der Waals surface area contributed by atoms with E-state index in [1.165, 1.54) is 22.0 Å². The summed E-state index contributed by atoms with van der Waals surface area (Å²) in [6, 6.07) is 11.5. The minimum absolute atomic E-state index is 0. The van der Waals surface area contributed by atoms with Crippen molar-refractivity contribution < 1.29 is 10.2 Å². The van der Waals surface area contributed by atoms with Crippen molar-refractivity contribution in [3.63, 3.8) is 0 Å². The molecule has 10 nitrogen and oxygen atoms in total. The van der Waals surface area contributed by atoms with Gasteiger partial charge in [-0.05, 0) is 55.7 Å². The summed E-state index contributed by atoms with van der Waals surface area (Å²) < 4.78 is 3.14. The second kappa shape index (κ2) is 11.0. The second-order valence-corrected chi connectivity index (χ2v) is 9.72. The first-order chi connectivity index (χ1) is 17.8. The Morgan fingerprint density at radius 2 is 2.00 bits per heavy atom. The normalized spacial score (nSPS) is 13.7. The van der Waals surface area contributed by atoms with Gasteiger partial charge in [-0.25, -0.2) is 19.3 Å². The number of nitrogens with zero attached hydrogens (tertiary/aromatic N) is 6. The summed E-state index contributed by atoms with van der Waals surface area (Å²) in [4.78, 5) is 29.2. The number of aliphatic hydroxyl groups excluding tert-OH is 1. The van der Waals surface area contributed by atoms with Gasteiger partial charge < -0.3 is 15.5 Å². The van der Waals surface area contributed by atoms with Gasteiger partial charge in [0.15, 0.2) is 11.5 Å². The Hall–Kier alpha value is -3.57. The van der Waals surface area contributed by atoms with Crippen LogP contribution in [0.15, 0.2) is 60.0 Å². The fourth-order valence-corrected chi connectivity index (χ4v) is 4.65. The summed E-state index contributed by atoms with van der Waals surface area (Å²) in [5, 5.41) is 23.4. The fourth-order valence-electron chi connectivity index (χ4n) is 4.65. The highest BCUT2D eigenvalue weighted by Gasteiger charge is 2.22. The molecule has 0 saturated heterocycles. The van der Waals surface area contributed by atoms with Crippen LogP contribution >= 0.6 is 12.4 Å². The zero-order valence-electron chi connectivity index (χ0n) is 21.5. The third-order valence-electron chi connectivity index (χ3n) is 6.53. The summed E-state index contributed by atoms with van der Waals surface area (Å²) in [7, 11) is 0. The molecule has 0 spiro atoms. The highest BCUT2D eigenvalue weighted by atomic mass is 35.5. The predicted molar refractivity (Wildman–Crippen MR) is 149 cm³/mol. The molecule has 0 fully saturated rings. The summed E-state index contributed by atoms with van der Waals surface area (Å²) in [6.07, 6.45) is 4.10. The molecule has 0 unspecified atom stereocenters. The average Bonchev–Trinajstić information content (AvgIpc) is 3.14. The number of allylic oxidation sites excluding steroid dienone is 1. The Kier molecular flexibility index (Phi) is 7.98. The van der Waals surface area contributed by atoms with E-state index >= 15 is 0 Å². The quantitative estimate of drug-likeness (QED) is 0.293. The number of benzene rings is 1. The molecule has 0 radical (unpaired) electrons. The maximum atomic E-state index is 13.2. The first kappa shape index (κ1) is 27.5. The number of halogens is 1. The minimum Gasteiger partial charge on any atom is -0.395 e. The van der Waals surface area contributed by atoms with Crippen LogP contribution in [0.3, 0.4) is 0 Å². The molecule has 0 bridgehead atoms. The Labute approximate surface area is 226 Å². The molecule has 38 heavy (non-hydrogen) atoms. The second-order valence-electron chi connectivity index (χ2n) is 9.72. The lowest BCUT2D eigenvalue weighted by atomic mass is 9.99. The van der Waals surface area contributed by atoms with Crippen molar-refractivity contribution in [1.82, 2.24) is 29.2 Å². The van der Waals surface area contributed by atoms with Crippen LogP contribution in [0.4, 0.5) is 11.6 Å². The van der Waals surface area contributed by atoms with Crippen molar-refractivity contribution in [3.05, 3.63) is 82.4 Å². The Balaban J connectivity index is 0.00000336. The van der Waals surface area contributed by atoms with E-state index in [0.717, 1.165) is 25.2 Å². The number of pyridine rings is 1. The molecule has 11 heteroatoms. The minimum atomic E-state index is -1.15. The molecule has 3 N–H and O–H groups in total. The topological polar surface area (TPSA) is 121 Å². The number of β-amino-alcohol motifs (C(OH)–C–C–N with tert-alkyl or cyclic N) is 1. The van der Waals surface area contributed by atoms with Crippen molar-refractivity contribution in [2.75, 3.05) is 25.0 Å². The monoisotopic (exact) mass is 537 g/mol. The van der Waals surface area contributed by atoms with Gasteiger partial charge >= 0.3 is 0 Å². The molecule has 0 saturated carbocycles. The molecular formula is C27H32ClN7O3. The Morgan fingerprint density at radius 1 is 1.18 bits per heavy atom. The van der Waals surface area contributed by atoms with Crippen molar-refractivity contribution in [1.29, 1.82) is 0 Å². The number of anilines is 2. The third kappa shape index (κ3) is 5.34. The zero-order chi connectivity index (χ0) is 26.2. The molecule has 4 aromatic rings. The summed E-state index contributed by atoms with van der Waals surface area (Å²) >= 11 is 0. The molecule has 0 atom stereocenters. The van der Waals surface area contributed by atoms with E-state index in [0.29, 0.717) is 35.0 Å². The molecular weight excluding hydrogens is 506 g/mol. The van der Waals surface area contributed by atoms with E-state index in [-0.39, 0.29) is 31.1 Å². The van der Waals surface area contributed by atoms with Crippen LogP contribution < -0.4 is 10.9 Å². The molecule has 1 aliphatic rings. The number of aliphatic hydroxyl groups is 2. The molecule has 4 heterocycles. The number of rotatable bonds is 8. The number of aromatic nitrogens is 5. The standard InChI is InChI=1S/C27H31N7O3.ClH/c1-4-11-33-25(36)21-16-28-26(29-20-9-8-18-10-12-32(13-14-35)17-19(18)15-20)31-24(21)34(33)23-7-5-6-22(30-23)27(2,3)37;/h4-9,15-16,35,37H,1,10-14,17H2,2-3H3,(H,28,29,31);1H. The summed E-state index contributed by atoms with van der Waals surface area (Å²) in [5.74, 6) is 0.801. The van der Waals surface area contributed by atoms with E-state index in [1.807, 2.05) is 6.07 Å². The number of nitrogens with one attached hydrogen (secondary N) is 1. The molecule has 5 rings (SSSR count). The van der Waals surface area contributed by atoms with Gasteiger partial charge in [0.25, 0.3) is 5.56 Å². The van der Waals surface area contributed by atoms with Crippen LogP contribution in [0.25, 0.3) is 16.9 Å². The van der Waals surface area contributed by atoms with Crippen LogP contribution in [0, 0.1) is 0 Å². The maximum absolute atomic E-state index is 13.2. The van der Waals surface area contributed by atoms with E-state index < -0.39 is 5.60 Å². The third-order valence-corrected chi connectivity index (χ3v) is 6.53. The van der Waals surface area contributed by atoms with Crippen LogP contribution in [-0.4, -0.2) is 59.1 Å².